The minimum atomic E-state index is -4.35. The molecule has 82 valence electrons. The summed E-state index contributed by atoms with van der Waals surface area (Å²) in [4.78, 5) is 3.61. The molecule has 4 heteroatoms. The summed E-state index contributed by atoms with van der Waals surface area (Å²) in [5.74, 6) is 0. The van der Waals surface area contributed by atoms with Crippen LogP contribution in [0, 0.1) is 0 Å². The zero-order chi connectivity index (χ0) is 11.6. The molecule has 0 aliphatic rings. The van der Waals surface area contributed by atoms with Crippen LogP contribution in [0.25, 0.3) is 11.1 Å². The van der Waals surface area contributed by atoms with Gasteiger partial charge in [-0.05, 0) is 11.6 Å². The Bertz CT molecular complexity index is 477. The molecule has 1 nitrogen and oxygen atoms in total. The quantitative estimate of drug-likeness (QED) is 0.717. The van der Waals surface area contributed by atoms with Gasteiger partial charge in [0.2, 0.25) is 0 Å². The molecule has 0 amide bonds. The van der Waals surface area contributed by atoms with E-state index in [1.54, 1.807) is 24.3 Å². The first-order valence-electron chi connectivity index (χ1n) is 4.65. The summed E-state index contributed by atoms with van der Waals surface area (Å²) in [5, 5.41) is 0. The molecule has 0 N–H and O–H groups in total. The zero-order valence-electron chi connectivity index (χ0n) is 8.20. The van der Waals surface area contributed by atoms with Gasteiger partial charge in [-0.1, -0.05) is 30.3 Å². The van der Waals surface area contributed by atoms with Crippen molar-refractivity contribution in [2.75, 3.05) is 0 Å². The van der Waals surface area contributed by atoms with Crippen molar-refractivity contribution in [1.82, 2.24) is 4.98 Å². The maximum Gasteiger partial charge on any atom is 0.417 e. The van der Waals surface area contributed by atoms with E-state index in [9.17, 15) is 13.2 Å². The van der Waals surface area contributed by atoms with E-state index in [1.165, 1.54) is 6.20 Å². The smallest absolute Gasteiger partial charge is 0.263 e. The summed E-state index contributed by atoms with van der Waals surface area (Å²) < 4.78 is 37.3. The van der Waals surface area contributed by atoms with Crippen LogP contribution in [-0.4, -0.2) is 4.98 Å². The van der Waals surface area contributed by atoms with E-state index in [-0.39, 0.29) is 0 Å². The van der Waals surface area contributed by atoms with Gasteiger partial charge in [0.25, 0.3) is 0 Å². The number of nitrogens with zero attached hydrogens (tertiary/aromatic N) is 1. The van der Waals surface area contributed by atoms with Crippen LogP contribution in [-0.2, 0) is 6.18 Å². The molecule has 1 aromatic heterocycles. The van der Waals surface area contributed by atoms with E-state index in [4.69, 9.17) is 0 Å². The van der Waals surface area contributed by atoms with E-state index in [1.807, 2.05) is 6.07 Å². The number of hydrogen-bond acceptors (Lipinski definition) is 1. The van der Waals surface area contributed by atoms with E-state index >= 15 is 0 Å². The highest BCUT2D eigenvalue weighted by Crippen LogP contribution is 2.31. The number of hydrogen-bond donors (Lipinski definition) is 0. The van der Waals surface area contributed by atoms with Crippen molar-refractivity contribution in [3.8, 4) is 11.1 Å². The van der Waals surface area contributed by atoms with Crippen LogP contribution >= 0.6 is 0 Å². The first-order chi connectivity index (χ1) is 7.57. The van der Waals surface area contributed by atoms with Gasteiger partial charge in [0.1, 0.15) is 0 Å². The van der Waals surface area contributed by atoms with E-state index < -0.39 is 11.7 Å². The Morgan fingerprint density at radius 1 is 0.875 bits per heavy atom. The topological polar surface area (TPSA) is 12.9 Å². The average Bonchev–Trinajstić information content (AvgIpc) is 2.29. The van der Waals surface area contributed by atoms with Gasteiger partial charge >= 0.3 is 6.18 Å². The van der Waals surface area contributed by atoms with Gasteiger partial charge in [0.05, 0.1) is 5.56 Å². The molecule has 0 saturated heterocycles. The Morgan fingerprint density at radius 2 is 1.56 bits per heavy atom. The monoisotopic (exact) mass is 223 g/mol. The molecule has 1 aromatic carbocycles. The first kappa shape index (κ1) is 10.7. The maximum atomic E-state index is 12.4. The van der Waals surface area contributed by atoms with E-state index in [0.29, 0.717) is 5.56 Å². The lowest BCUT2D eigenvalue weighted by atomic mass is 10.1. The first-order valence-corrected chi connectivity index (χ1v) is 4.65. The van der Waals surface area contributed by atoms with Crippen LogP contribution in [0.2, 0.25) is 0 Å². The summed E-state index contributed by atoms with van der Waals surface area (Å²) in [6.07, 6.45) is -2.10. The van der Waals surface area contributed by atoms with Crippen LogP contribution in [0.4, 0.5) is 13.2 Å². The summed E-state index contributed by atoms with van der Waals surface area (Å²) in [6, 6.07) is 9.95. The summed E-state index contributed by atoms with van der Waals surface area (Å²) >= 11 is 0. The molecule has 1 heterocycles. The zero-order valence-corrected chi connectivity index (χ0v) is 8.20. The molecular weight excluding hydrogens is 215 g/mol. The molecule has 0 saturated carbocycles. The minimum absolute atomic E-state index is 0.468. The predicted molar refractivity (Wildman–Crippen MR) is 54.7 cm³/mol. The van der Waals surface area contributed by atoms with Gasteiger partial charge < -0.3 is 0 Å². The highest BCUT2D eigenvalue weighted by molar-refractivity contribution is 5.62. The SMILES string of the molecule is FC(F)(F)c1cncc(-c2ccccc2)c1. The molecule has 0 unspecified atom stereocenters. The normalized spacial score (nSPS) is 11.4. The largest absolute Gasteiger partial charge is 0.417 e. The number of aromatic nitrogens is 1. The van der Waals surface area contributed by atoms with Crippen molar-refractivity contribution >= 4 is 0 Å². The highest BCUT2D eigenvalue weighted by Gasteiger charge is 2.31. The van der Waals surface area contributed by atoms with Gasteiger partial charge in [0, 0.05) is 18.0 Å². The second kappa shape index (κ2) is 3.96. The van der Waals surface area contributed by atoms with Crippen molar-refractivity contribution < 1.29 is 13.2 Å². The van der Waals surface area contributed by atoms with Gasteiger partial charge in [-0.25, -0.2) is 0 Å². The van der Waals surface area contributed by atoms with E-state index in [2.05, 4.69) is 4.98 Å². The number of pyridine rings is 1. The van der Waals surface area contributed by atoms with Crippen molar-refractivity contribution in [2.24, 2.45) is 0 Å². The molecule has 0 bridgehead atoms. The summed E-state index contributed by atoms with van der Waals surface area (Å²) in [7, 11) is 0. The molecule has 0 radical (unpaired) electrons. The minimum Gasteiger partial charge on any atom is -0.263 e. The third-order valence-electron chi connectivity index (χ3n) is 2.17. The summed E-state index contributed by atoms with van der Waals surface area (Å²) in [6.45, 7) is 0. The highest BCUT2D eigenvalue weighted by atomic mass is 19.4. The second-order valence-corrected chi connectivity index (χ2v) is 3.33. The third-order valence-corrected chi connectivity index (χ3v) is 2.17. The Morgan fingerprint density at radius 3 is 2.19 bits per heavy atom. The second-order valence-electron chi connectivity index (χ2n) is 3.33. The Kier molecular flexibility index (Phi) is 2.64. The van der Waals surface area contributed by atoms with Crippen molar-refractivity contribution in [1.29, 1.82) is 0 Å². The Balaban J connectivity index is 2.45. The molecule has 0 fully saturated rings. The molecule has 0 aliphatic carbocycles. The van der Waals surface area contributed by atoms with Crippen LogP contribution in [0.5, 0.6) is 0 Å². The average molecular weight is 223 g/mol. The fourth-order valence-electron chi connectivity index (χ4n) is 1.38. The van der Waals surface area contributed by atoms with Crippen LogP contribution in [0.3, 0.4) is 0 Å². The number of rotatable bonds is 1. The number of halogens is 3. The van der Waals surface area contributed by atoms with Gasteiger partial charge in [0.15, 0.2) is 0 Å². The lowest BCUT2D eigenvalue weighted by molar-refractivity contribution is -0.137. The Hall–Kier alpha value is -1.84. The van der Waals surface area contributed by atoms with Gasteiger partial charge in [-0.15, -0.1) is 0 Å². The molecule has 0 atom stereocenters. The number of alkyl halides is 3. The van der Waals surface area contributed by atoms with Gasteiger partial charge in [-0.2, -0.15) is 13.2 Å². The van der Waals surface area contributed by atoms with Crippen molar-refractivity contribution in [3.63, 3.8) is 0 Å². The van der Waals surface area contributed by atoms with Crippen LogP contribution in [0.1, 0.15) is 5.56 Å². The van der Waals surface area contributed by atoms with Crippen molar-refractivity contribution in [2.45, 2.75) is 6.18 Å². The van der Waals surface area contributed by atoms with E-state index in [0.717, 1.165) is 17.8 Å². The number of benzene rings is 1. The fraction of sp³-hybridized carbons (Fsp3) is 0.0833. The third kappa shape index (κ3) is 2.21. The van der Waals surface area contributed by atoms with Crippen LogP contribution < -0.4 is 0 Å². The lowest BCUT2D eigenvalue weighted by Crippen LogP contribution is -2.05. The molecule has 2 rings (SSSR count). The van der Waals surface area contributed by atoms with Crippen LogP contribution in [0.15, 0.2) is 48.8 Å². The van der Waals surface area contributed by atoms with Crippen molar-refractivity contribution in [3.05, 3.63) is 54.4 Å². The summed E-state index contributed by atoms with van der Waals surface area (Å²) in [5.41, 5.74) is 0.463. The Labute approximate surface area is 90.6 Å². The van der Waals surface area contributed by atoms with Gasteiger partial charge in [-0.3, -0.25) is 4.98 Å². The predicted octanol–water partition coefficient (Wildman–Crippen LogP) is 3.77. The molecule has 0 spiro atoms. The fourth-order valence-corrected chi connectivity index (χ4v) is 1.38. The lowest BCUT2D eigenvalue weighted by Gasteiger charge is -2.07. The molecular formula is C12H8F3N. The standard InChI is InChI=1S/C12H8F3N/c13-12(14,15)11-6-10(7-16-8-11)9-4-2-1-3-5-9/h1-8H. The maximum absolute atomic E-state index is 12.4. The molecule has 2 aromatic rings. The molecule has 16 heavy (non-hydrogen) atoms. The molecule has 0 aliphatic heterocycles.